The Morgan fingerprint density at radius 1 is 0.473 bits per heavy atom. The van der Waals surface area contributed by atoms with Crippen LogP contribution in [0.5, 0.6) is 0 Å². The van der Waals surface area contributed by atoms with Gasteiger partial charge in [-0.15, -0.1) is 0 Å². The summed E-state index contributed by atoms with van der Waals surface area (Å²) in [6, 6.07) is 0. The smallest absolute Gasteiger partial charge is 0.726 e. The third-order valence-electron chi connectivity index (χ3n) is 6.55. The molecule has 35 heteroatoms. The van der Waals surface area contributed by atoms with Gasteiger partial charge >= 0.3 is 101 Å². The number of hydrogen-bond donors (Lipinski definition) is 2. The normalized spacial score (nSPS) is 17.0. The van der Waals surface area contributed by atoms with Crippen molar-refractivity contribution in [1.29, 1.82) is 0 Å². The second-order valence-corrected chi connectivity index (χ2v) is 11.8. The Bertz CT molecular complexity index is 1300. The van der Waals surface area contributed by atoms with Gasteiger partial charge < -0.3 is 14.8 Å². The van der Waals surface area contributed by atoms with Crippen LogP contribution in [0.2, 0.25) is 0 Å². The number of hydrogen-bond acceptors (Lipinski definition) is 7. The second-order valence-electron chi connectivity index (χ2n) is 10.7. The molecular formula is C20H16F26NNaO6S. The van der Waals surface area contributed by atoms with Crippen LogP contribution in [0.1, 0.15) is 12.8 Å². The largest absolute Gasteiger partial charge is 1.00 e. The van der Waals surface area contributed by atoms with Crippen LogP contribution in [0.3, 0.4) is 0 Å². The zero-order chi connectivity index (χ0) is 44.2. The van der Waals surface area contributed by atoms with Gasteiger partial charge in [0.1, 0.15) is 0 Å². The fourth-order valence-corrected chi connectivity index (χ4v) is 3.98. The van der Waals surface area contributed by atoms with Gasteiger partial charge in [-0.1, -0.05) is 0 Å². The summed E-state index contributed by atoms with van der Waals surface area (Å²) in [6.45, 7) is -8.19. The first-order valence-electron chi connectivity index (χ1n) is 12.7. The minimum absolute atomic E-state index is 0. The fraction of sp³-hybridized carbons (Fsp3) is 1.00. The van der Waals surface area contributed by atoms with Gasteiger partial charge in [-0.25, -0.2) is 8.42 Å². The molecule has 0 aromatic rings. The van der Waals surface area contributed by atoms with Gasteiger partial charge in [0.2, 0.25) is 10.4 Å². The number of nitrogens with zero attached hydrogens (tertiary/aromatic N) is 1. The maximum absolute atomic E-state index is 14.1. The fourth-order valence-electron chi connectivity index (χ4n) is 3.70. The summed E-state index contributed by atoms with van der Waals surface area (Å²) < 4.78 is 380. The van der Waals surface area contributed by atoms with Crippen LogP contribution in [0.4, 0.5) is 114 Å². The number of aliphatic hydroxyl groups excluding tert-OH is 2. The Hall–Kier alpha value is -1.07. The Morgan fingerprint density at radius 3 is 0.927 bits per heavy atom. The van der Waals surface area contributed by atoms with Gasteiger partial charge in [-0.05, 0) is 0 Å². The molecule has 0 aliphatic carbocycles. The molecule has 0 rings (SSSR count). The van der Waals surface area contributed by atoms with E-state index < -0.39 is 138 Å². The summed E-state index contributed by atoms with van der Waals surface area (Å²) in [7, 11) is -5.91. The summed E-state index contributed by atoms with van der Waals surface area (Å²) in [5, 5.41) is 19.2. The van der Waals surface area contributed by atoms with E-state index in [0.717, 1.165) is 0 Å². The zero-order valence-electron chi connectivity index (χ0n) is 25.6. The van der Waals surface area contributed by atoms with Gasteiger partial charge in [0.05, 0.1) is 18.8 Å². The van der Waals surface area contributed by atoms with Crippen molar-refractivity contribution in [3.05, 3.63) is 0 Å². The molecule has 0 saturated heterocycles. The summed E-state index contributed by atoms with van der Waals surface area (Å²) in [4.78, 5) is -0.502. The molecule has 0 aliphatic rings. The summed E-state index contributed by atoms with van der Waals surface area (Å²) in [5.74, 6) is -80.4. The van der Waals surface area contributed by atoms with Crippen LogP contribution >= 0.6 is 0 Å². The first-order valence-corrected chi connectivity index (χ1v) is 14.0. The Morgan fingerprint density at radius 2 is 0.709 bits per heavy atom. The standard InChI is InChI=1S/C20H17F26NO6S.Na/c21-9(22,11(25,26)13(29,30)15(33,34)17(37,38)19(41,42)43)3-7(48)5-47(1-2-53-54(50,51)52)6-8(49)4-10(23,24)12(27,28)14(31,32)16(35,36)18(39,40)20(44,45)46;/h7-8,48-49H,1-6H2,(H,50,51,52);/q;+1/p-1. The number of halogens is 26. The van der Waals surface area contributed by atoms with Crippen molar-refractivity contribution >= 4 is 10.4 Å². The second kappa shape index (κ2) is 16.5. The molecule has 0 saturated carbocycles. The van der Waals surface area contributed by atoms with Gasteiger partial charge in [0, 0.05) is 32.5 Å². The van der Waals surface area contributed by atoms with E-state index in [0.29, 0.717) is 0 Å². The van der Waals surface area contributed by atoms with Crippen molar-refractivity contribution in [2.24, 2.45) is 0 Å². The molecule has 2 N–H and O–H groups in total. The minimum atomic E-state index is -8.44. The van der Waals surface area contributed by atoms with E-state index in [1.165, 1.54) is 0 Å². The van der Waals surface area contributed by atoms with Crippen molar-refractivity contribution in [1.82, 2.24) is 4.90 Å². The molecule has 0 aliphatic heterocycles. The molecule has 2 atom stereocenters. The van der Waals surface area contributed by atoms with E-state index in [2.05, 4.69) is 4.18 Å². The molecule has 0 radical (unpaired) electrons. The summed E-state index contributed by atoms with van der Waals surface area (Å²) >= 11 is 0. The molecule has 2 unspecified atom stereocenters. The average molecular weight is 915 g/mol. The molecule has 0 bridgehead atoms. The van der Waals surface area contributed by atoms with Crippen molar-refractivity contribution in [2.75, 3.05) is 26.2 Å². The Labute approximate surface area is 309 Å². The monoisotopic (exact) mass is 915 g/mol. The van der Waals surface area contributed by atoms with Crippen molar-refractivity contribution in [3.8, 4) is 0 Å². The molecule has 0 fully saturated rings. The van der Waals surface area contributed by atoms with Gasteiger partial charge in [0.15, 0.2) is 0 Å². The molecule has 0 aromatic heterocycles. The average Bonchev–Trinajstić information content (AvgIpc) is 2.89. The maximum atomic E-state index is 14.1. The first kappa shape index (κ1) is 56.0. The van der Waals surface area contributed by atoms with Crippen molar-refractivity contribution in [3.63, 3.8) is 0 Å². The third-order valence-corrected chi connectivity index (χ3v) is 7.01. The molecule has 0 spiro atoms. The van der Waals surface area contributed by atoms with Gasteiger partial charge in [-0.2, -0.15) is 114 Å². The molecule has 7 nitrogen and oxygen atoms in total. The first-order chi connectivity index (χ1) is 23.1. The van der Waals surface area contributed by atoms with E-state index in [9.17, 15) is 137 Å². The molecular weight excluding hydrogens is 899 g/mol. The molecule has 0 amide bonds. The summed E-state index contributed by atoms with van der Waals surface area (Å²) in [6.07, 6.45) is -30.2. The van der Waals surface area contributed by atoms with E-state index in [4.69, 9.17) is 0 Å². The molecule has 0 heterocycles. The van der Waals surface area contributed by atoms with Crippen LogP contribution in [0.25, 0.3) is 0 Å². The van der Waals surface area contributed by atoms with E-state index >= 15 is 0 Å². The van der Waals surface area contributed by atoms with Crippen molar-refractivity contribution < 1.29 is 171 Å². The number of rotatable bonds is 20. The van der Waals surface area contributed by atoms with E-state index in [1.807, 2.05) is 0 Å². The van der Waals surface area contributed by atoms with Crippen LogP contribution in [0, 0.1) is 0 Å². The quantitative estimate of drug-likeness (QED) is 0.0830. The van der Waals surface area contributed by atoms with Gasteiger partial charge in [-0.3, -0.25) is 9.08 Å². The third kappa shape index (κ3) is 10.6. The summed E-state index contributed by atoms with van der Waals surface area (Å²) in [5.41, 5.74) is 0. The van der Waals surface area contributed by atoms with Crippen LogP contribution < -0.4 is 29.6 Å². The molecule has 0 aromatic carbocycles. The molecule has 326 valence electrons. The number of aliphatic hydroxyl groups is 2. The molecule has 55 heavy (non-hydrogen) atoms. The zero-order valence-corrected chi connectivity index (χ0v) is 28.4. The predicted molar refractivity (Wildman–Crippen MR) is 115 cm³/mol. The maximum Gasteiger partial charge on any atom is 1.00 e. The van der Waals surface area contributed by atoms with Crippen molar-refractivity contribution in [2.45, 2.75) is 96.6 Å². The predicted octanol–water partition coefficient (Wildman–Crippen LogP) is 3.75. The van der Waals surface area contributed by atoms with E-state index in [-0.39, 0.29) is 29.6 Å². The van der Waals surface area contributed by atoms with Crippen LogP contribution in [-0.2, 0) is 14.6 Å². The van der Waals surface area contributed by atoms with Crippen LogP contribution in [-0.4, -0.2) is 138 Å². The number of alkyl halides is 26. The van der Waals surface area contributed by atoms with Gasteiger partial charge in [0.25, 0.3) is 0 Å². The van der Waals surface area contributed by atoms with Crippen LogP contribution in [0.15, 0.2) is 0 Å². The van der Waals surface area contributed by atoms with E-state index in [1.54, 1.807) is 0 Å². The topological polar surface area (TPSA) is 110 Å². The Balaban J connectivity index is 0. The minimum Gasteiger partial charge on any atom is -0.726 e. The SMILES string of the molecule is O=S(=O)([O-])OCCN(CC(O)CC(F)(F)C(F)(F)C(F)(F)C(F)(F)C(F)(F)C(F)(F)F)CC(O)CC(F)(F)C(F)(F)C(F)(F)C(F)(F)C(F)(F)C(F)(F)F.[Na+]. The Kier molecular flexibility index (Phi) is 16.8.